The third kappa shape index (κ3) is 1.11. The van der Waals surface area contributed by atoms with Gasteiger partial charge in [0, 0.05) is 6.54 Å². The van der Waals surface area contributed by atoms with E-state index in [0.29, 0.717) is 6.67 Å². The standard InChI is InChI=1S/C7H13N3O.ClH/c1-10-5-9-6(11)7(10)2-3-8-4-7;/h8H,2-5H2,1H3,(H,9,11);1H. The van der Waals surface area contributed by atoms with Gasteiger partial charge in [-0.15, -0.1) is 12.4 Å². The van der Waals surface area contributed by atoms with Crippen LogP contribution in [0.25, 0.3) is 0 Å². The molecular formula is C7H14ClN3O. The van der Waals surface area contributed by atoms with Gasteiger partial charge in [0.15, 0.2) is 0 Å². The summed E-state index contributed by atoms with van der Waals surface area (Å²) in [6, 6.07) is 0. The van der Waals surface area contributed by atoms with Gasteiger partial charge in [0.05, 0.1) is 6.67 Å². The molecule has 0 aromatic rings. The minimum absolute atomic E-state index is 0. The predicted octanol–water partition coefficient (Wildman–Crippen LogP) is -0.841. The number of carbonyl (C=O) groups is 1. The first kappa shape index (κ1) is 9.77. The Hall–Kier alpha value is -0.320. The second-order valence-electron chi connectivity index (χ2n) is 3.32. The monoisotopic (exact) mass is 191 g/mol. The number of nitrogens with zero attached hydrogens (tertiary/aromatic N) is 1. The third-order valence-corrected chi connectivity index (χ3v) is 2.76. The summed E-state index contributed by atoms with van der Waals surface area (Å²) in [5, 5.41) is 6.06. The van der Waals surface area contributed by atoms with Gasteiger partial charge in [0.2, 0.25) is 5.91 Å². The van der Waals surface area contributed by atoms with E-state index in [-0.39, 0.29) is 23.9 Å². The van der Waals surface area contributed by atoms with Crippen molar-refractivity contribution >= 4 is 18.3 Å². The van der Waals surface area contributed by atoms with Crippen LogP contribution in [0.3, 0.4) is 0 Å². The van der Waals surface area contributed by atoms with Crippen molar-refractivity contribution in [2.24, 2.45) is 0 Å². The molecule has 2 rings (SSSR count). The van der Waals surface area contributed by atoms with Gasteiger partial charge in [-0.1, -0.05) is 0 Å². The van der Waals surface area contributed by atoms with Crippen molar-refractivity contribution in [3.05, 3.63) is 0 Å². The molecule has 12 heavy (non-hydrogen) atoms. The zero-order valence-electron chi connectivity index (χ0n) is 7.09. The summed E-state index contributed by atoms with van der Waals surface area (Å²) in [5.74, 6) is 0.185. The lowest BCUT2D eigenvalue weighted by atomic mass is 9.98. The zero-order valence-corrected chi connectivity index (χ0v) is 7.91. The summed E-state index contributed by atoms with van der Waals surface area (Å²) in [6.07, 6.45) is 0.940. The van der Waals surface area contributed by atoms with Crippen LogP contribution in [0.2, 0.25) is 0 Å². The van der Waals surface area contributed by atoms with Crippen molar-refractivity contribution in [1.29, 1.82) is 0 Å². The fraction of sp³-hybridized carbons (Fsp3) is 0.857. The highest BCUT2D eigenvalue weighted by Crippen LogP contribution is 2.24. The maximum atomic E-state index is 11.4. The van der Waals surface area contributed by atoms with Crippen LogP contribution in [0, 0.1) is 0 Å². The van der Waals surface area contributed by atoms with E-state index in [0.717, 1.165) is 19.5 Å². The molecule has 0 aliphatic carbocycles. The molecule has 2 fully saturated rings. The van der Waals surface area contributed by atoms with Gasteiger partial charge in [0.25, 0.3) is 0 Å². The van der Waals surface area contributed by atoms with E-state index in [4.69, 9.17) is 0 Å². The first-order valence-electron chi connectivity index (χ1n) is 3.96. The number of likely N-dealkylation sites (N-methyl/N-ethyl adjacent to an activating group) is 1. The molecule has 2 heterocycles. The lowest BCUT2D eigenvalue weighted by Crippen LogP contribution is -2.48. The van der Waals surface area contributed by atoms with Gasteiger partial charge < -0.3 is 10.6 Å². The lowest BCUT2D eigenvalue weighted by Gasteiger charge is -2.26. The van der Waals surface area contributed by atoms with Crippen LogP contribution in [0.4, 0.5) is 0 Å². The molecule has 1 unspecified atom stereocenters. The molecule has 1 amide bonds. The zero-order chi connectivity index (χ0) is 7.90. The summed E-state index contributed by atoms with van der Waals surface area (Å²) in [6.45, 7) is 2.45. The molecule has 4 nitrogen and oxygen atoms in total. The fourth-order valence-corrected chi connectivity index (χ4v) is 1.88. The van der Waals surface area contributed by atoms with E-state index in [1.165, 1.54) is 0 Å². The molecule has 5 heteroatoms. The minimum atomic E-state index is -0.222. The van der Waals surface area contributed by atoms with Crippen LogP contribution >= 0.6 is 12.4 Å². The number of halogens is 1. The van der Waals surface area contributed by atoms with Gasteiger partial charge in [-0.2, -0.15) is 0 Å². The maximum absolute atomic E-state index is 11.4. The number of carbonyl (C=O) groups excluding carboxylic acids is 1. The minimum Gasteiger partial charge on any atom is -0.342 e. The van der Waals surface area contributed by atoms with Crippen LogP contribution in [0.15, 0.2) is 0 Å². The lowest BCUT2D eigenvalue weighted by molar-refractivity contribution is -0.125. The largest absolute Gasteiger partial charge is 0.342 e. The molecule has 2 N–H and O–H groups in total. The molecule has 1 spiro atoms. The topological polar surface area (TPSA) is 44.4 Å². The van der Waals surface area contributed by atoms with Crippen LogP contribution in [0.1, 0.15) is 6.42 Å². The van der Waals surface area contributed by atoms with Crippen molar-refractivity contribution in [3.8, 4) is 0 Å². The van der Waals surface area contributed by atoms with Crippen molar-refractivity contribution < 1.29 is 4.79 Å². The molecule has 0 saturated carbocycles. The number of hydrogen-bond donors (Lipinski definition) is 2. The highest BCUT2D eigenvalue weighted by Gasteiger charge is 2.48. The predicted molar refractivity (Wildman–Crippen MR) is 48.2 cm³/mol. The molecule has 0 aromatic heterocycles. The second kappa shape index (κ2) is 3.20. The summed E-state index contributed by atoms with van der Waals surface area (Å²) in [5.41, 5.74) is -0.222. The Bertz CT molecular complexity index is 191. The first-order valence-corrected chi connectivity index (χ1v) is 3.96. The molecule has 2 aliphatic rings. The van der Waals surface area contributed by atoms with Crippen molar-refractivity contribution in [2.45, 2.75) is 12.0 Å². The van der Waals surface area contributed by atoms with E-state index < -0.39 is 0 Å². The Labute approximate surface area is 78.1 Å². The highest BCUT2D eigenvalue weighted by atomic mass is 35.5. The number of rotatable bonds is 0. The number of hydrogen-bond acceptors (Lipinski definition) is 3. The Morgan fingerprint density at radius 2 is 2.33 bits per heavy atom. The Kier molecular flexibility index (Phi) is 2.61. The molecule has 2 aliphatic heterocycles. The molecule has 1 atom stereocenters. The Morgan fingerprint density at radius 1 is 1.58 bits per heavy atom. The highest BCUT2D eigenvalue weighted by molar-refractivity contribution is 5.88. The van der Waals surface area contributed by atoms with Crippen molar-refractivity contribution in [3.63, 3.8) is 0 Å². The van der Waals surface area contributed by atoms with Crippen molar-refractivity contribution in [2.75, 3.05) is 26.8 Å². The molecular weight excluding hydrogens is 178 g/mol. The van der Waals surface area contributed by atoms with Gasteiger partial charge in [-0.3, -0.25) is 9.69 Å². The fourth-order valence-electron chi connectivity index (χ4n) is 1.88. The number of amides is 1. The van der Waals surface area contributed by atoms with Gasteiger partial charge in [-0.05, 0) is 20.0 Å². The summed E-state index contributed by atoms with van der Waals surface area (Å²) in [7, 11) is 1.99. The summed E-state index contributed by atoms with van der Waals surface area (Å²) >= 11 is 0. The second-order valence-corrected chi connectivity index (χ2v) is 3.32. The quantitative estimate of drug-likeness (QED) is 0.525. The Balaban J connectivity index is 0.000000720. The molecule has 0 bridgehead atoms. The van der Waals surface area contributed by atoms with Crippen molar-refractivity contribution in [1.82, 2.24) is 15.5 Å². The molecule has 0 aromatic carbocycles. The molecule has 2 saturated heterocycles. The van der Waals surface area contributed by atoms with Gasteiger partial charge >= 0.3 is 0 Å². The van der Waals surface area contributed by atoms with E-state index in [9.17, 15) is 4.79 Å². The maximum Gasteiger partial charge on any atom is 0.242 e. The van der Waals surface area contributed by atoms with Crippen LogP contribution in [0.5, 0.6) is 0 Å². The number of nitrogens with one attached hydrogen (secondary N) is 2. The first-order chi connectivity index (χ1) is 5.26. The molecule has 0 radical (unpaired) electrons. The Morgan fingerprint density at radius 3 is 2.75 bits per heavy atom. The van der Waals surface area contributed by atoms with Crippen LogP contribution in [-0.2, 0) is 4.79 Å². The van der Waals surface area contributed by atoms with Gasteiger partial charge in [0.1, 0.15) is 5.54 Å². The summed E-state index contributed by atoms with van der Waals surface area (Å²) in [4.78, 5) is 13.5. The normalized spacial score (nSPS) is 35.2. The molecule has 70 valence electrons. The van der Waals surface area contributed by atoms with E-state index in [2.05, 4.69) is 15.5 Å². The van der Waals surface area contributed by atoms with Crippen LogP contribution in [-0.4, -0.2) is 43.2 Å². The van der Waals surface area contributed by atoms with E-state index in [1.54, 1.807) is 0 Å². The van der Waals surface area contributed by atoms with E-state index >= 15 is 0 Å². The third-order valence-electron chi connectivity index (χ3n) is 2.76. The van der Waals surface area contributed by atoms with Crippen LogP contribution < -0.4 is 10.6 Å². The SMILES string of the molecule is CN1CNC(=O)C12CCNC2.Cl. The summed E-state index contributed by atoms with van der Waals surface area (Å²) < 4.78 is 0. The van der Waals surface area contributed by atoms with Gasteiger partial charge in [-0.25, -0.2) is 0 Å². The average Bonchev–Trinajstić information content (AvgIpc) is 2.56. The van der Waals surface area contributed by atoms with E-state index in [1.807, 2.05) is 7.05 Å². The smallest absolute Gasteiger partial charge is 0.242 e. The average molecular weight is 192 g/mol.